The summed E-state index contributed by atoms with van der Waals surface area (Å²) < 4.78 is 0. The Hall–Kier alpha value is 0.236. The minimum absolute atomic E-state index is 0. The first-order valence-corrected chi connectivity index (χ1v) is 0.494. The van der Waals surface area contributed by atoms with E-state index in [1.807, 2.05) is 0 Å². The highest BCUT2D eigenvalue weighted by molar-refractivity contribution is 5.75. The predicted molar refractivity (Wildman–Crippen MR) is 14.4 cm³/mol. The van der Waals surface area contributed by atoms with Gasteiger partial charge in [-0.3, -0.25) is 4.79 Å². The van der Waals surface area contributed by atoms with E-state index in [4.69, 9.17) is 9.90 Å². The Kier molecular flexibility index (Phi) is 23.5. The van der Waals surface area contributed by atoms with E-state index in [0.717, 1.165) is 0 Å². The quantitative estimate of drug-likeness (QED) is 0.303. The van der Waals surface area contributed by atoms with Crippen LogP contribution in [0.2, 0.25) is 0 Å². The van der Waals surface area contributed by atoms with Gasteiger partial charge in [0.15, 0.2) is 0 Å². The molecule has 0 bridgehead atoms. The zero-order valence-corrected chi connectivity index (χ0v) is 3.55. The van der Waals surface area contributed by atoms with Crippen molar-refractivity contribution in [3.05, 3.63) is 0 Å². The van der Waals surface area contributed by atoms with Crippen molar-refractivity contribution in [2.45, 2.75) is 0 Å². The first-order valence-electron chi connectivity index (χ1n) is 0.494. The van der Waals surface area contributed by atoms with Crippen molar-refractivity contribution >= 4 is 29.5 Å². The molecule has 4 heavy (non-hydrogen) atoms. The summed E-state index contributed by atoms with van der Waals surface area (Å²) in [7, 11) is 0. The molecule has 0 aliphatic carbocycles. The molecule has 0 aromatic heterocycles. The fourth-order valence-corrected chi connectivity index (χ4v) is 0. The van der Waals surface area contributed by atoms with Crippen LogP contribution in [-0.4, -0.2) is 34.6 Å². The standard InChI is InChI=1S/CH2O2.Mg/c2-1-3;/h1H,(H,2,3);. The summed E-state index contributed by atoms with van der Waals surface area (Å²) in [4.78, 5) is 8.36. The van der Waals surface area contributed by atoms with Gasteiger partial charge in [-0.25, -0.2) is 0 Å². The van der Waals surface area contributed by atoms with Crippen molar-refractivity contribution in [1.82, 2.24) is 0 Å². The van der Waals surface area contributed by atoms with Crippen molar-refractivity contribution in [2.75, 3.05) is 0 Å². The first-order chi connectivity index (χ1) is 1.41. The maximum Gasteiger partial charge on any atom is 0.290 e. The largest absolute Gasteiger partial charge is 0.483 e. The van der Waals surface area contributed by atoms with Gasteiger partial charge in [0.2, 0.25) is 0 Å². The van der Waals surface area contributed by atoms with E-state index in [1.54, 1.807) is 0 Å². The topological polar surface area (TPSA) is 37.3 Å². The molecule has 0 aliphatic rings. The van der Waals surface area contributed by atoms with Gasteiger partial charge in [0, 0.05) is 23.1 Å². The lowest BCUT2D eigenvalue weighted by Gasteiger charge is -1.34. The fraction of sp³-hybridized carbons (Fsp3) is 0. The third kappa shape index (κ3) is 61.2. The van der Waals surface area contributed by atoms with Crippen LogP contribution in [0.25, 0.3) is 0 Å². The maximum atomic E-state index is 8.36. The van der Waals surface area contributed by atoms with Gasteiger partial charge in [-0.2, -0.15) is 0 Å². The zero-order valence-electron chi connectivity index (χ0n) is 2.14. The summed E-state index contributed by atoms with van der Waals surface area (Å²) >= 11 is 0. The number of carbonyl (C=O) groups is 1. The van der Waals surface area contributed by atoms with Gasteiger partial charge in [-0.1, -0.05) is 0 Å². The molecule has 3 heteroatoms. The van der Waals surface area contributed by atoms with E-state index < -0.39 is 0 Å². The van der Waals surface area contributed by atoms with Crippen LogP contribution < -0.4 is 0 Å². The Morgan fingerprint density at radius 2 is 1.75 bits per heavy atom. The lowest BCUT2D eigenvalue weighted by Crippen LogP contribution is -1.49. The molecule has 0 aliphatic heterocycles. The van der Waals surface area contributed by atoms with Gasteiger partial charge in [0.25, 0.3) is 6.47 Å². The Balaban J connectivity index is 0. The van der Waals surface area contributed by atoms with Crippen LogP contribution >= 0.6 is 0 Å². The monoisotopic (exact) mass is 70.0 g/mol. The van der Waals surface area contributed by atoms with Crippen LogP contribution in [0, 0.1) is 0 Å². The molecule has 2 radical (unpaired) electrons. The first kappa shape index (κ1) is 8.87. The van der Waals surface area contributed by atoms with Gasteiger partial charge in [-0.15, -0.1) is 0 Å². The predicted octanol–water partition coefficient (Wildman–Crippen LogP) is -0.680. The molecule has 0 heterocycles. The van der Waals surface area contributed by atoms with Gasteiger partial charge in [-0.05, 0) is 0 Å². The second-order valence-corrected chi connectivity index (χ2v) is 0.105. The van der Waals surface area contributed by atoms with Crippen LogP contribution in [0.15, 0.2) is 0 Å². The average molecular weight is 70.3 g/mol. The van der Waals surface area contributed by atoms with Crippen LogP contribution in [0.3, 0.4) is 0 Å². The highest BCUT2D eigenvalue weighted by Crippen LogP contribution is 0.966. The summed E-state index contributed by atoms with van der Waals surface area (Å²) in [6, 6.07) is 0. The highest BCUT2D eigenvalue weighted by atomic mass is 24.3. The van der Waals surface area contributed by atoms with E-state index in [2.05, 4.69) is 0 Å². The third-order valence-corrected chi connectivity index (χ3v) is 0. The van der Waals surface area contributed by atoms with E-state index in [1.165, 1.54) is 0 Å². The van der Waals surface area contributed by atoms with Crippen molar-refractivity contribution in [3.8, 4) is 0 Å². The van der Waals surface area contributed by atoms with Crippen LogP contribution in [0.4, 0.5) is 0 Å². The molecule has 0 spiro atoms. The molecular formula is CH2MgO2. The summed E-state index contributed by atoms with van der Waals surface area (Å²) in [5.41, 5.74) is 0. The van der Waals surface area contributed by atoms with Gasteiger partial charge in [0.1, 0.15) is 0 Å². The highest BCUT2D eigenvalue weighted by Gasteiger charge is 1.22. The van der Waals surface area contributed by atoms with E-state index in [-0.39, 0.29) is 29.5 Å². The minimum Gasteiger partial charge on any atom is -0.483 e. The number of hydrogen-bond donors (Lipinski definition) is 1. The normalized spacial score (nSPS) is 3.00. The van der Waals surface area contributed by atoms with E-state index in [9.17, 15) is 0 Å². The minimum atomic E-state index is -0.250. The molecule has 0 saturated carbocycles. The van der Waals surface area contributed by atoms with Crippen LogP contribution in [-0.2, 0) is 4.79 Å². The fourth-order valence-electron chi connectivity index (χ4n) is 0. The lowest BCUT2D eigenvalue weighted by molar-refractivity contribution is -0.122. The molecule has 2 nitrogen and oxygen atoms in total. The molecule has 0 atom stereocenters. The van der Waals surface area contributed by atoms with Crippen molar-refractivity contribution in [2.24, 2.45) is 0 Å². The van der Waals surface area contributed by atoms with Crippen LogP contribution in [0.1, 0.15) is 0 Å². The number of carboxylic acid groups (broad SMARTS) is 1. The van der Waals surface area contributed by atoms with Gasteiger partial charge >= 0.3 is 0 Å². The number of hydrogen-bond acceptors (Lipinski definition) is 1. The molecule has 0 aromatic rings. The van der Waals surface area contributed by atoms with Crippen molar-refractivity contribution < 1.29 is 9.90 Å². The second-order valence-electron chi connectivity index (χ2n) is 0.105. The summed E-state index contributed by atoms with van der Waals surface area (Å²) in [5.74, 6) is 0. The third-order valence-electron chi connectivity index (χ3n) is 0. The Morgan fingerprint density at radius 1 is 1.75 bits per heavy atom. The van der Waals surface area contributed by atoms with Gasteiger partial charge in [0.05, 0.1) is 0 Å². The summed E-state index contributed by atoms with van der Waals surface area (Å²) in [6.45, 7) is -0.250. The Bertz CT molecular complexity index is 13.5. The molecule has 0 unspecified atom stereocenters. The smallest absolute Gasteiger partial charge is 0.290 e. The SMILES string of the molecule is O=CO.[Mg]. The van der Waals surface area contributed by atoms with Crippen LogP contribution in [0.5, 0.6) is 0 Å². The molecular weight excluding hydrogens is 68.3 g/mol. The van der Waals surface area contributed by atoms with Crippen molar-refractivity contribution in [3.63, 3.8) is 0 Å². The molecule has 0 saturated heterocycles. The zero-order chi connectivity index (χ0) is 2.71. The molecule has 1 N–H and O–H groups in total. The lowest BCUT2D eigenvalue weighted by atomic mass is 11.7. The van der Waals surface area contributed by atoms with Crippen molar-refractivity contribution in [1.29, 1.82) is 0 Å². The Labute approximate surface area is 40.0 Å². The number of rotatable bonds is 0. The molecule has 0 aromatic carbocycles. The van der Waals surface area contributed by atoms with E-state index >= 15 is 0 Å². The summed E-state index contributed by atoms with van der Waals surface area (Å²) in [6.07, 6.45) is 0. The maximum absolute atomic E-state index is 8.36. The van der Waals surface area contributed by atoms with Gasteiger partial charge < -0.3 is 5.11 Å². The van der Waals surface area contributed by atoms with E-state index in [0.29, 0.717) is 0 Å². The molecule has 0 amide bonds. The average Bonchev–Trinajstić information content (AvgIpc) is 0.918. The molecule has 0 rings (SSSR count). The Morgan fingerprint density at radius 3 is 1.75 bits per heavy atom. The second kappa shape index (κ2) is 10.6. The summed E-state index contributed by atoms with van der Waals surface area (Å²) in [5, 5.41) is 6.89. The molecule has 0 fully saturated rings. The molecule has 20 valence electrons.